The molecule has 3 N–H and O–H groups in total. The van der Waals surface area contributed by atoms with Gasteiger partial charge < -0.3 is 11.1 Å². The van der Waals surface area contributed by atoms with E-state index in [0.717, 1.165) is 5.69 Å². The number of halogens is 1. The van der Waals surface area contributed by atoms with Gasteiger partial charge >= 0.3 is 0 Å². The fraction of sp³-hybridized carbons (Fsp3) is 0.500. The zero-order valence-electron chi connectivity index (χ0n) is 10.4. The highest BCUT2D eigenvalue weighted by Gasteiger charge is 2.19. The van der Waals surface area contributed by atoms with Crippen molar-refractivity contribution in [3.63, 3.8) is 0 Å². The van der Waals surface area contributed by atoms with Crippen molar-refractivity contribution in [2.24, 2.45) is 11.7 Å². The molecule has 0 fully saturated rings. The van der Waals surface area contributed by atoms with E-state index < -0.39 is 6.04 Å². The van der Waals surface area contributed by atoms with Crippen LogP contribution in [0.4, 0.5) is 0 Å². The molecule has 0 aliphatic carbocycles. The van der Waals surface area contributed by atoms with Crippen LogP contribution in [0.2, 0.25) is 0 Å². The third kappa shape index (κ3) is 4.71. The van der Waals surface area contributed by atoms with E-state index in [0.29, 0.717) is 0 Å². The minimum Gasteiger partial charge on any atom is -0.347 e. The summed E-state index contributed by atoms with van der Waals surface area (Å²) in [5.74, 6) is 0.00378. The highest BCUT2D eigenvalue weighted by atomic mass is 35.5. The Morgan fingerprint density at radius 3 is 2.47 bits per heavy atom. The summed E-state index contributed by atoms with van der Waals surface area (Å²) in [7, 11) is 0. The number of carbonyl (C=O) groups excluding carboxylic acids is 1. The van der Waals surface area contributed by atoms with Crippen molar-refractivity contribution >= 4 is 18.3 Å². The molecule has 1 rings (SSSR count). The average molecular weight is 258 g/mol. The summed E-state index contributed by atoms with van der Waals surface area (Å²) in [5, 5.41) is 2.85. The monoisotopic (exact) mass is 257 g/mol. The highest BCUT2D eigenvalue weighted by molar-refractivity contribution is 5.85. The molecule has 96 valence electrons. The van der Waals surface area contributed by atoms with Crippen LogP contribution >= 0.6 is 12.4 Å². The Kier molecular flexibility index (Phi) is 6.76. The van der Waals surface area contributed by atoms with Gasteiger partial charge in [-0.05, 0) is 25.0 Å². The lowest BCUT2D eigenvalue weighted by atomic mass is 10.0. The van der Waals surface area contributed by atoms with E-state index in [1.54, 1.807) is 6.20 Å². The van der Waals surface area contributed by atoms with Gasteiger partial charge in [0.05, 0.1) is 17.8 Å². The molecule has 0 saturated carbocycles. The smallest absolute Gasteiger partial charge is 0.237 e. The fourth-order valence-corrected chi connectivity index (χ4v) is 1.32. The van der Waals surface area contributed by atoms with Gasteiger partial charge in [0, 0.05) is 6.20 Å². The minimum absolute atomic E-state index is 0. The SMILES string of the molecule is CC(NC(=O)[C@@H](N)C(C)C)c1ccccn1.Cl. The first-order valence-corrected chi connectivity index (χ1v) is 5.49. The second-order valence-electron chi connectivity index (χ2n) is 4.25. The van der Waals surface area contributed by atoms with Gasteiger partial charge in [-0.2, -0.15) is 0 Å². The van der Waals surface area contributed by atoms with E-state index in [1.807, 2.05) is 39.0 Å². The first-order valence-electron chi connectivity index (χ1n) is 5.49. The number of pyridine rings is 1. The van der Waals surface area contributed by atoms with E-state index >= 15 is 0 Å². The number of hydrogen-bond acceptors (Lipinski definition) is 3. The molecule has 0 radical (unpaired) electrons. The molecule has 0 bridgehead atoms. The summed E-state index contributed by atoms with van der Waals surface area (Å²) < 4.78 is 0. The van der Waals surface area contributed by atoms with Gasteiger partial charge in [0.15, 0.2) is 0 Å². The topological polar surface area (TPSA) is 68.0 Å². The van der Waals surface area contributed by atoms with E-state index in [4.69, 9.17) is 5.73 Å². The Bertz CT molecular complexity index is 343. The first kappa shape index (κ1) is 15.9. The van der Waals surface area contributed by atoms with Crippen LogP contribution in [-0.2, 0) is 4.79 Å². The van der Waals surface area contributed by atoms with E-state index in [-0.39, 0.29) is 30.3 Å². The van der Waals surface area contributed by atoms with Crippen molar-refractivity contribution in [2.45, 2.75) is 32.9 Å². The number of carbonyl (C=O) groups is 1. The maximum Gasteiger partial charge on any atom is 0.237 e. The Morgan fingerprint density at radius 1 is 1.35 bits per heavy atom. The predicted molar refractivity (Wildman–Crippen MR) is 70.9 cm³/mol. The molecule has 1 amide bonds. The molecule has 1 heterocycles. The van der Waals surface area contributed by atoms with Gasteiger partial charge in [0.2, 0.25) is 5.91 Å². The lowest BCUT2D eigenvalue weighted by molar-refractivity contribution is -0.123. The van der Waals surface area contributed by atoms with Crippen LogP contribution in [0.5, 0.6) is 0 Å². The second-order valence-corrected chi connectivity index (χ2v) is 4.25. The molecule has 1 aromatic heterocycles. The Hall–Kier alpha value is -1.13. The first-order chi connectivity index (χ1) is 7.52. The van der Waals surface area contributed by atoms with E-state index in [2.05, 4.69) is 10.3 Å². The van der Waals surface area contributed by atoms with Crippen LogP contribution in [0.3, 0.4) is 0 Å². The van der Waals surface area contributed by atoms with Gasteiger partial charge in [-0.25, -0.2) is 0 Å². The van der Waals surface area contributed by atoms with E-state index in [1.165, 1.54) is 0 Å². The highest BCUT2D eigenvalue weighted by Crippen LogP contribution is 2.09. The Morgan fingerprint density at radius 2 is 2.00 bits per heavy atom. The van der Waals surface area contributed by atoms with Crippen LogP contribution in [0.1, 0.15) is 32.5 Å². The van der Waals surface area contributed by atoms with Gasteiger partial charge in [0.1, 0.15) is 0 Å². The molecule has 0 spiro atoms. The Balaban J connectivity index is 0.00000256. The van der Waals surface area contributed by atoms with Crippen molar-refractivity contribution in [1.29, 1.82) is 0 Å². The molecule has 5 heteroatoms. The zero-order chi connectivity index (χ0) is 12.1. The van der Waals surface area contributed by atoms with Crippen LogP contribution < -0.4 is 11.1 Å². The lowest BCUT2D eigenvalue weighted by Crippen LogP contribution is -2.44. The van der Waals surface area contributed by atoms with Crippen LogP contribution in [-0.4, -0.2) is 16.9 Å². The number of aromatic nitrogens is 1. The summed E-state index contributed by atoms with van der Waals surface area (Å²) >= 11 is 0. The van der Waals surface area contributed by atoms with Crippen molar-refractivity contribution in [3.8, 4) is 0 Å². The van der Waals surface area contributed by atoms with Crippen molar-refractivity contribution in [1.82, 2.24) is 10.3 Å². The summed E-state index contributed by atoms with van der Waals surface area (Å²) in [6.07, 6.45) is 1.71. The van der Waals surface area contributed by atoms with Crippen LogP contribution in [0.25, 0.3) is 0 Å². The molecule has 17 heavy (non-hydrogen) atoms. The Labute approximate surface area is 108 Å². The molecule has 1 aromatic rings. The predicted octanol–water partition coefficient (Wildman–Crippen LogP) is 1.66. The summed E-state index contributed by atoms with van der Waals surface area (Å²) in [6, 6.07) is 5.04. The number of amides is 1. The molecule has 0 aliphatic rings. The molecule has 1 unspecified atom stereocenters. The quantitative estimate of drug-likeness (QED) is 0.862. The van der Waals surface area contributed by atoms with Gasteiger partial charge in [0.25, 0.3) is 0 Å². The van der Waals surface area contributed by atoms with Crippen molar-refractivity contribution < 1.29 is 4.79 Å². The third-order valence-corrected chi connectivity index (χ3v) is 2.51. The molecule has 4 nitrogen and oxygen atoms in total. The molecule has 2 atom stereocenters. The number of rotatable bonds is 4. The third-order valence-electron chi connectivity index (χ3n) is 2.51. The standard InChI is InChI=1S/C12H19N3O.ClH/c1-8(2)11(13)12(16)15-9(3)10-6-4-5-7-14-10;/h4-9,11H,13H2,1-3H3,(H,15,16);1H/t9?,11-;/m0./s1. The fourth-order valence-electron chi connectivity index (χ4n) is 1.32. The normalized spacial score (nSPS) is 13.7. The van der Waals surface area contributed by atoms with Crippen molar-refractivity contribution in [3.05, 3.63) is 30.1 Å². The minimum atomic E-state index is -0.467. The largest absolute Gasteiger partial charge is 0.347 e. The van der Waals surface area contributed by atoms with Gasteiger partial charge in [-0.1, -0.05) is 19.9 Å². The number of nitrogens with two attached hydrogens (primary N) is 1. The molecular weight excluding hydrogens is 238 g/mol. The second kappa shape index (κ2) is 7.25. The van der Waals surface area contributed by atoms with E-state index in [9.17, 15) is 4.79 Å². The molecule has 0 aliphatic heterocycles. The van der Waals surface area contributed by atoms with Crippen LogP contribution in [0, 0.1) is 5.92 Å². The summed E-state index contributed by atoms with van der Waals surface area (Å²) in [5.41, 5.74) is 6.59. The summed E-state index contributed by atoms with van der Waals surface area (Å²) in [6.45, 7) is 5.75. The molecular formula is C12H20ClN3O. The zero-order valence-corrected chi connectivity index (χ0v) is 11.2. The lowest BCUT2D eigenvalue weighted by Gasteiger charge is -2.19. The summed E-state index contributed by atoms with van der Waals surface area (Å²) in [4.78, 5) is 15.9. The maximum atomic E-state index is 11.7. The maximum absolute atomic E-state index is 11.7. The molecule has 0 saturated heterocycles. The number of nitrogens with zero attached hydrogens (tertiary/aromatic N) is 1. The number of nitrogens with one attached hydrogen (secondary N) is 1. The molecule has 0 aromatic carbocycles. The van der Waals surface area contributed by atoms with Gasteiger partial charge in [-0.3, -0.25) is 9.78 Å². The van der Waals surface area contributed by atoms with Crippen LogP contribution in [0.15, 0.2) is 24.4 Å². The van der Waals surface area contributed by atoms with Gasteiger partial charge in [-0.15, -0.1) is 12.4 Å². The average Bonchev–Trinajstić information content (AvgIpc) is 2.28. The van der Waals surface area contributed by atoms with Crippen molar-refractivity contribution in [2.75, 3.05) is 0 Å². The number of hydrogen-bond donors (Lipinski definition) is 2.